The molecule has 0 aromatic heterocycles. The molecule has 8 heteroatoms. The summed E-state index contributed by atoms with van der Waals surface area (Å²) in [6, 6.07) is 7.63. The topological polar surface area (TPSA) is 81.9 Å². The summed E-state index contributed by atoms with van der Waals surface area (Å²) in [6.45, 7) is 3.98. The predicted molar refractivity (Wildman–Crippen MR) is 123 cm³/mol. The van der Waals surface area contributed by atoms with E-state index in [9.17, 15) is 9.59 Å². The van der Waals surface area contributed by atoms with E-state index in [0.717, 1.165) is 27.6 Å². The lowest BCUT2D eigenvalue weighted by atomic mass is 10.2. The molecule has 0 unspecified atom stereocenters. The van der Waals surface area contributed by atoms with Gasteiger partial charge in [-0.3, -0.25) is 14.5 Å². The quantitative estimate of drug-likeness (QED) is 0.268. The van der Waals surface area contributed by atoms with E-state index in [1.807, 2.05) is 24.3 Å². The first-order valence-corrected chi connectivity index (χ1v) is 10.8. The Morgan fingerprint density at radius 2 is 1.23 bits per heavy atom. The van der Waals surface area contributed by atoms with Crippen molar-refractivity contribution in [3.05, 3.63) is 29.8 Å². The zero-order valence-electron chi connectivity index (χ0n) is 20.2. The largest absolute Gasteiger partial charge is 0.460 e. The first kappa shape index (κ1) is 26.9. The number of benzene rings is 1. The molecule has 0 bridgehead atoms. The van der Waals surface area contributed by atoms with Crippen LogP contribution in [0.15, 0.2) is 24.3 Å². The molecule has 1 aromatic rings. The monoisotopic (exact) mass is 438 g/mol. The van der Waals surface area contributed by atoms with Gasteiger partial charge in [-0.15, -0.1) is 0 Å². The minimum Gasteiger partial charge on any atom is -0.460 e. The van der Waals surface area contributed by atoms with E-state index >= 15 is 0 Å². The molecule has 0 atom stereocenters. The molecule has 31 heavy (non-hydrogen) atoms. The number of carbonyl (C=O) groups is 2. The van der Waals surface area contributed by atoms with Crippen LogP contribution >= 0.6 is 0 Å². The minimum absolute atomic E-state index is 0.221. The van der Waals surface area contributed by atoms with Gasteiger partial charge >= 0.3 is 11.9 Å². The van der Waals surface area contributed by atoms with Gasteiger partial charge in [0.15, 0.2) is 0 Å². The molecule has 0 aliphatic heterocycles. The number of carbonyl (C=O) groups excluding carboxylic acids is 2. The maximum Gasteiger partial charge on any atom is 0.307 e. The summed E-state index contributed by atoms with van der Waals surface area (Å²) in [4.78, 5) is 26.4. The number of likely N-dealkylation sites (N-methyl/N-ethyl adjacent to an activating group) is 2. The van der Waals surface area contributed by atoms with E-state index < -0.39 is 0 Å². The van der Waals surface area contributed by atoms with Crippen LogP contribution < -0.4 is 5.73 Å². The molecule has 176 valence electrons. The van der Waals surface area contributed by atoms with Gasteiger partial charge < -0.3 is 24.2 Å². The molecule has 0 radical (unpaired) electrons. The SMILES string of the molecule is C[N+](C)(C)CCOC(=O)CCN(CCC(=O)OCC[N+](C)(C)C)Cc1ccc(N)cc1. The summed E-state index contributed by atoms with van der Waals surface area (Å²) in [7, 11) is 12.3. The van der Waals surface area contributed by atoms with Crippen LogP contribution in [0.5, 0.6) is 0 Å². The summed E-state index contributed by atoms with van der Waals surface area (Å²) in [5.74, 6) is -0.442. The summed E-state index contributed by atoms with van der Waals surface area (Å²) < 4.78 is 12.2. The van der Waals surface area contributed by atoms with E-state index in [4.69, 9.17) is 15.2 Å². The second-order valence-corrected chi connectivity index (χ2v) is 9.99. The Morgan fingerprint density at radius 3 is 1.61 bits per heavy atom. The van der Waals surface area contributed by atoms with Crippen molar-refractivity contribution in [2.75, 3.05) is 87.4 Å². The molecule has 2 N–H and O–H groups in total. The standard InChI is InChI=1S/C23H42N4O4/c1-26(2,3)15-17-30-22(28)11-13-25(19-20-7-9-21(24)10-8-20)14-12-23(29)31-18-16-27(4,5)6/h7-10H,11-19,24H2,1-6H3/q+2. The Morgan fingerprint density at radius 1 is 0.806 bits per heavy atom. The molecule has 0 spiro atoms. The van der Waals surface area contributed by atoms with Crippen molar-refractivity contribution in [2.45, 2.75) is 19.4 Å². The Hall–Kier alpha value is -2.16. The van der Waals surface area contributed by atoms with Gasteiger partial charge in [-0.05, 0) is 17.7 Å². The minimum atomic E-state index is -0.221. The maximum absolute atomic E-state index is 12.1. The second kappa shape index (κ2) is 12.6. The fourth-order valence-corrected chi connectivity index (χ4v) is 2.66. The van der Waals surface area contributed by atoms with E-state index in [-0.39, 0.29) is 24.8 Å². The number of hydrogen-bond acceptors (Lipinski definition) is 6. The number of esters is 2. The molecular formula is C23H42N4O4+2. The van der Waals surface area contributed by atoms with Crippen molar-refractivity contribution in [3.8, 4) is 0 Å². The van der Waals surface area contributed by atoms with Crippen molar-refractivity contribution < 1.29 is 28.0 Å². The van der Waals surface area contributed by atoms with Crippen molar-refractivity contribution in [3.63, 3.8) is 0 Å². The second-order valence-electron chi connectivity index (χ2n) is 9.99. The molecule has 0 saturated carbocycles. The lowest BCUT2D eigenvalue weighted by Crippen LogP contribution is -2.38. The molecular weight excluding hydrogens is 396 g/mol. The number of nitrogens with zero attached hydrogens (tertiary/aromatic N) is 3. The first-order chi connectivity index (χ1) is 14.3. The zero-order chi connectivity index (χ0) is 23.5. The van der Waals surface area contributed by atoms with Gasteiger partial charge in [0.1, 0.15) is 26.3 Å². The average molecular weight is 439 g/mol. The van der Waals surface area contributed by atoms with Gasteiger partial charge in [0.05, 0.1) is 55.1 Å². The summed E-state index contributed by atoms with van der Waals surface area (Å²) in [5.41, 5.74) is 7.55. The molecule has 0 heterocycles. The summed E-state index contributed by atoms with van der Waals surface area (Å²) >= 11 is 0. The summed E-state index contributed by atoms with van der Waals surface area (Å²) in [5, 5.41) is 0. The molecule has 0 saturated heterocycles. The number of quaternary nitrogens is 2. The van der Waals surface area contributed by atoms with Gasteiger partial charge in [-0.25, -0.2) is 0 Å². The Bertz CT molecular complexity index is 642. The number of nitrogen functional groups attached to an aromatic ring is 1. The van der Waals surface area contributed by atoms with E-state index in [1.54, 1.807) is 0 Å². The van der Waals surface area contributed by atoms with Crippen LogP contribution in [0, 0.1) is 0 Å². The third-order valence-corrected chi connectivity index (χ3v) is 4.70. The van der Waals surface area contributed by atoms with Crippen molar-refractivity contribution in [1.29, 1.82) is 0 Å². The molecule has 0 amide bonds. The lowest BCUT2D eigenvalue weighted by Gasteiger charge is -2.24. The van der Waals surface area contributed by atoms with Gasteiger partial charge in [0.25, 0.3) is 0 Å². The smallest absolute Gasteiger partial charge is 0.307 e. The molecule has 0 aliphatic rings. The van der Waals surface area contributed by atoms with E-state index in [1.165, 1.54) is 0 Å². The zero-order valence-corrected chi connectivity index (χ0v) is 20.2. The highest BCUT2D eigenvalue weighted by Gasteiger charge is 2.15. The molecule has 0 fully saturated rings. The van der Waals surface area contributed by atoms with Crippen molar-refractivity contribution >= 4 is 17.6 Å². The van der Waals surface area contributed by atoms with E-state index in [0.29, 0.717) is 38.5 Å². The Labute approximate surface area is 187 Å². The number of ether oxygens (including phenoxy) is 2. The van der Waals surface area contributed by atoms with Crippen LogP contribution in [0.3, 0.4) is 0 Å². The normalized spacial score (nSPS) is 12.1. The van der Waals surface area contributed by atoms with Crippen LogP contribution in [0.4, 0.5) is 5.69 Å². The number of hydrogen-bond donors (Lipinski definition) is 1. The number of nitrogens with two attached hydrogens (primary N) is 1. The first-order valence-electron chi connectivity index (χ1n) is 10.8. The highest BCUT2D eigenvalue weighted by atomic mass is 16.5. The van der Waals surface area contributed by atoms with Crippen LogP contribution in [-0.2, 0) is 25.6 Å². The number of rotatable bonds is 14. The van der Waals surface area contributed by atoms with Crippen molar-refractivity contribution in [1.82, 2.24) is 4.90 Å². The molecule has 1 rings (SSSR count). The van der Waals surface area contributed by atoms with Crippen LogP contribution in [-0.4, -0.2) is 107 Å². The molecule has 0 aliphatic carbocycles. The predicted octanol–water partition coefficient (Wildman–Crippen LogP) is 1.35. The van der Waals surface area contributed by atoms with Gasteiger partial charge in [-0.1, -0.05) is 12.1 Å². The Balaban J connectivity index is 2.53. The van der Waals surface area contributed by atoms with Crippen LogP contribution in [0.25, 0.3) is 0 Å². The number of anilines is 1. The third kappa shape index (κ3) is 14.5. The fraction of sp³-hybridized carbons (Fsp3) is 0.652. The highest BCUT2D eigenvalue weighted by Crippen LogP contribution is 2.10. The van der Waals surface area contributed by atoms with Crippen molar-refractivity contribution in [2.24, 2.45) is 0 Å². The molecule has 1 aromatic carbocycles. The van der Waals surface area contributed by atoms with Crippen LogP contribution in [0.2, 0.25) is 0 Å². The van der Waals surface area contributed by atoms with Crippen LogP contribution in [0.1, 0.15) is 18.4 Å². The highest BCUT2D eigenvalue weighted by molar-refractivity contribution is 5.70. The molecule has 8 nitrogen and oxygen atoms in total. The third-order valence-electron chi connectivity index (χ3n) is 4.70. The van der Waals surface area contributed by atoms with E-state index in [2.05, 4.69) is 47.2 Å². The van der Waals surface area contributed by atoms with Gasteiger partial charge in [0.2, 0.25) is 0 Å². The maximum atomic E-state index is 12.1. The fourth-order valence-electron chi connectivity index (χ4n) is 2.66. The van der Waals surface area contributed by atoms with Gasteiger partial charge in [0, 0.05) is 25.3 Å². The Kier molecular flexibility index (Phi) is 11.0. The summed E-state index contributed by atoms with van der Waals surface area (Å²) in [6.07, 6.45) is 0.561. The van der Waals surface area contributed by atoms with Gasteiger partial charge in [-0.2, -0.15) is 0 Å². The lowest BCUT2D eigenvalue weighted by molar-refractivity contribution is -0.870. The average Bonchev–Trinajstić information content (AvgIpc) is 2.63.